The number of piperazine rings is 1. The maximum absolute atomic E-state index is 16.7. The fraction of sp³-hybridized carbons (Fsp3) is 0.581. The van der Waals surface area contributed by atoms with Gasteiger partial charge in [0.1, 0.15) is 17.2 Å². The number of nitrogens with two attached hydrogens (primary N) is 1. The van der Waals surface area contributed by atoms with Gasteiger partial charge in [-0.25, -0.2) is 9.37 Å². The molecular formula is C31H36ClF4N7O. The molecule has 4 atom stereocenters. The Kier molecular flexibility index (Phi) is 7.32. The maximum Gasteiger partial charge on any atom is 0.418 e. The van der Waals surface area contributed by atoms with Crippen LogP contribution in [0, 0.1) is 18.2 Å². The minimum Gasteiger partial charge on any atom is -0.463 e. The van der Waals surface area contributed by atoms with Crippen LogP contribution in [0.1, 0.15) is 56.1 Å². The fourth-order valence-corrected chi connectivity index (χ4v) is 8.56. The van der Waals surface area contributed by atoms with Gasteiger partial charge in [-0.2, -0.15) is 23.1 Å². The van der Waals surface area contributed by atoms with Gasteiger partial charge >= 0.3 is 12.2 Å². The number of piperidine rings is 1. The molecule has 13 heteroatoms. The first kappa shape index (κ1) is 29.7. The molecule has 2 unspecified atom stereocenters. The van der Waals surface area contributed by atoms with E-state index in [4.69, 9.17) is 27.1 Å². The van der Waals surface area contributed by atoms with Crippen molar-refractivity contribution in [1.82, 2.24) is 25.2 Å². The van der Waals surface area contributed by atoms with E-state index in [2.05, 4.69) is 32.1 Å². The summed E-state index contributed by atoms with van der Waals surface area (Å²) in [5.74, 6) is -0.638. The Morgan fingerprint density at radius 3 is 2.57 bits per heavy atom. The summed E-state index contributed by atoms with van der Waals surface area (Å²) in [5.41, 5.74) is 4.22. The number of aromatic nitrogens is 3. The highest BCUT2D eigenvalue weighted by atomic mass is 35.5. The summed E-state index contributed by atoms with van der Waals surface area (Å²) in [5, 5.41) is 3.87. The molecule has 2 bridgehead atoms. The summed E-state index contributed by atoms with van der Waals surface area (Å²) in [7, 11) is 2.16. The third-order valence-electron chi connectivity index (χ3n) is 10.3. The van der Waals surface area contributed by atoms with E-state index >= 15 is 4.39 Å². The average molecular weight is 634 g/mol. The van der Waals surface area contributed by atoms with E-state index < -0.39 is 17.6 Å². The number of hydrogen-bond acceptors (Lipinski definition) is 8. The van der Waals surface area contributed by atoms with E-state index in [1.54, 1.807) is 0 Å². The molecule has 44 heavy (non-hydrogen) atoms. The lowest BCUT2D eigenvalue weighted by Gasteiger charge is -2.44. The third kappa shape index (κ3) is 4.93. The largest absolute Gasteiger partial charge is 0.463 e. The predicted molar refractivity (Wildman–Crippen MR) is 161 cm³/mol. The van der Waals surface area contributed by atoms with Crippen molar-refractivity contribution >= 4 is 34.1 Å². The van der Waals surface area contributed by atoms with Crippen molar-refractivity contribution in [2.24, 2.45) is 5.41 Å². The molecular weight excluding hydrogens is 598 g/mol. The molecule has 7 rings (SSSR count). The summed E-state index contributed by atoms with van der Waals surface area (Å²) in [6.07, 6.45) is 3.40. The summed E-state index contributed by atoms with van der Waals surface area (Å²) in [6, 6.07) is 2.53. The highest BCUT2D eigenvalue weighted by Crippen LogP contribution is 2.48. The van der Waals surface area contributed by atoms with Crippen molar-refractivity contribution in [1.29, 1.82) is 0 Å². The molecule has 3 aliphatic heterocycles. The van der Waals surface area contributed by atoms with Crippen LogP contribution in [-0.2, 0) is 6.18 Å². The lowest BCUT2D eigenvalue weighted by atomic mass is 9.76. The van der Waals surface area contributed by atoms with Gasteiger partial charge in [0, 0.05) is 59.3 Å². The van der Waals surface area contributed by atoms with Crippen LogP contribution in [-0.4, -0.2) is 71.3 Å². The molecule has 1 aliphatic carbocycles. The summed E-state index contributed by atoms with van der Waals surface area (Å²) >= 11 is 6.68. The molecule has 4 fully saturated rings. The van der Waals surface area contributed by atoms with Gasteiger partial charge in [-0.15, -0.1) is 0 Å². The molecule has 0 amide bonds. The Hall–Kier alpha value is -2.96. The van der Waals surface area contributed by atoms with Gasteiger partial charge in [-0.1, -0.05) is 18.0 Å². The van der Waals surface area contributed by atoms with Crippen LogP contribution in [0.4, 0.5) is 29.2 Å². The van der Waals surface area contributed by atoms with Crippen molar-refractivity contribution in [3.63, 3.8) is 0 Å². The molecule has 4 aliphatic rings. The number of nitrogens with one attached hydrogen (secondary N) is 1. The molecule has 8 nitrogen and oxygen atoms in total. The standard InChI is InChI=1S/C31H36ClF4N7O/c1-16-20(31(34,35)36)12-38-27(37)23(16)24-21(32)11-19-26(25(24)33)40-29(41-28(19)43-13-17-6-7-18(14-43)39-17)44-15-30-8-3-5-22(30)42(2)10-4-9-30/h11-12,17-18,22,39H,3-10,13-15H2,1-2H3,(H2,37,38)/t17?,18?,22-,30-/m1/s1. The maximum atomic E-state index is 16.7. The fourth-order valence-electron chi connectivity index (χ4n) is 8.27. The van der Waals surface area contributed by atoms with Gasteiger partial charge in [-0.05, 0) is 70.7 Å². The second-order valence-electron chi connectivity index (χ2n) is 13.0. The van der Waals surface area contributed by atoms with E-state index in [0.717, 1.165) is 51.5 Å². The van der Waals surface area contributed by atoms with Crippen LogP contribution >= 0.6 is 11.6 Å². The van der Waals surface area contributed by atoms with E-state index in [1.165, 1.54) is 13.0 Å². The highest BCUT2D eigenvalue weighted by molar-refractivity contribution is 6.34. The van der Waals surface area contributed by atoms with Crippen LogP contribution in [0.25, 0.3) is 22.0 Å². The number of hydrogen-bond donors (Lipinski definition) is 2. The number of ether oxygens (including phenoxy) is 1. The van der Waals surface area contributed by atoms with Crippen molar-refractivity contribution in [3.05, 3.63) is 34.2 Å². The number of halogens is 5. The monoisotopic (exact) mass is 633 g/mol. The Morgan fingerprint density at radius 2 is 1.84 bits per heavy atom. The lowest BCUT2D eigenvalue weighted by molar-refractivity contribution is -0.138. The zero-order chi connectivity index (χ0) is 31.0. The smallest absolute Gasteiger partial charge is 0.418 e. The van der Waals surface area contributed by atoms with Gasteiger partial charge in [0.2, 0.25) is 0 Å². The zero-order valence-corrected chi connectivity index (χ0v) is 25.5. The first-order valence-electron chi connectivity index (χ1n) is 15.3. The van der Waals surface area contributed by atoms with E-state index in [0.29, 0.717) is 43.1 Å². The first-order chi connectivity index (χ1) is 20.9. The third-order valence-corrected chi connectivity index (χ3v) is 10.6. The summed E-state index contributed by atoms with van der Waals surface area (Å²) in [6.45, 7) is 4.04. The van der Waals surface area contributed by atoms with Gasteiger partial charge < -0.3 is 25.6 Å². The number of rotatable bonds is 5. The molecule has 5 heterocycles. The number of likely N-dealkylation sites (tertiary alicyclic amines) is 1. The normalized spacial score (nSPS) is 27.2. The lowest BCUT2D eigenvalue weighted by Crippen LogP contribution is -2.51. The number of alkyl halides is 3. The Labute approximate surface area is 258 Å². The Bertz CT molecular complexity index is 1610. The van der Waals surface area contributed by atoms with Gasteiger partial charge in [0.25, 0.3) is 0 Å². The van der Waals surface area contributed by atoms with Crippen molar-refractivity contribution in [2.45, 2.75) is 76.2 Å². The van der Waals surface area contributed by atoms with Crippen LogP contribution in [0.5, 0.6) is 6.01 Å². The van der Waals surface area contributed by atoms with Crippen molar-refractivity contribution < 1.29 is 22.3 Å². The minimum absolute atomic E-state index is 0.0292. The molecule has 1 aromatic carbocycles. The zero-order valence-electron chi connectivity index (χ0n) is 24.8. The SMILES string of the molecule is Cc1c(C(F)(F)F)cnc(N)c1-c1c(Cl)cc2c(N3CC4CCC(C3)N4)nc(OC[C@]34CCC[C@H]3N(C)CCC4)nc2c1F. The molecule has 0 radical (unpaired) electrons. The minimum atomic E-state index is -4.71. The topological polar surface area (TPSA) is 92.4 Å². The number of nitrogen functional groups attached to an aromatic ring is 1. The number of anilines is 2. The number of pyridine rings is 1. The van der Waals surface area contributed by atoms with Crippen molar-refractivity contribution in [2.75, 3.05) is 43.9 Å². The predicted octanol–water partition coefficient (Wildman–Crippen LogP) is 5.98. The van der Waals surface area contributed by atoms with E-state index in [9.17, 15) is 13.2 Å². The van der Waals surface area contributed by atoms with Gasteiger partial charge in [0.05, 0.1) is 17.2 Å². The van der Waals surface area contributed by atoms with E-state index in [1.807, 2.05) is 0 Å². The van der Waals surface area contributed by atoms with Crippen LogP contribution < -0.4 is 20.7 Å². The van der Waals surface area contributed by atoms with Crippen LogP contribution in [0.2, 0.25) is 5.02 Å². The highest BCUT2D eigenvalue weighted by Gasteiger charge is 2.47. The van der Waals surface area contributed by atoms with E-state index in [-0.39, 0.29) is 56.6 Å². The summed E-state index contributed by atoms with van der Waals surface area (Å²) in [4.78, 5) is 17.7. The molecule has 2 aromatic heterocycles. The second kappa shape index (κ2) is 10.8. The van der Waals surface area contributed by atoms with Crippen LogP contribution in [0.3, 0.4) is 0 Å². The van der Waals surface area contributed by atoms with Crippen molar-refractivity contribution in [3.8, 4) is 17.1 Å². The quantitative estimate of drug-likeness (QED) is 0.332. The average Bonchev–Trinajstić information content (AvgIpc) is 3.56. The van der Waals surface area contributed by atoms with Crippen LogP contribution in [0.15, 0.2) is 12.3 Å². The van der Waals surface area contributed by atoms with Gasteiger partial charge in [-0.3, -0.25) is 0 Å². The number of fused-ring (bicyclic) bond motifs is 4. The molecule has 1 saturated carbocycles. The molecule has 236 valence electrons. The summed E-state index contributed by atoms with van der Waals surface area (Å²) < 4.78 is 64.5. The second-order valence-corrected chi connectivity index (χ2v) is 13.4. The van der Waals surface area contributed by atoms with Gasteiger partial charge in [0.15, 0.2) is 5.82 Å². The molecule has 0 spiro atoms. The Balaban J connectivity index is 1.36. The first-order valence-corrected chi connectivity index (χ1v) is 15.7. The Morgan fingerprint density at radius 1 is 1.11 bits per heavy atom. The number of benzene rings is 1. The molecule has 3 saturated heterocycles. The molecule has 3 N–H and O–H groups in total. The molecule has 3 aromatic rings. The number of nitrogens with zero attached hydrogens (tertiary/aromatic N) is 5.